The number of hydrogen-bond acceptors (Lipinski definition) is 3. The van der Waals surface area contributed by atoms with Crippen LogP contribution in [0.3, 0.4) is 0 Å². The van der Waals surface area contributed by atoms with Crippen LogP contribution in [0.4, 0.5) is 23.2 Å². The van der Waals surface area contributed by atoms with Crippen LogP contribution in [-0.2, 0) is 34.1 Å². The third-order valence-electron chi connectivity index (χ3n) is 6.68. The van der Waals surface area contributed by atoms with Gasteiger partial charge in [-0.2, -0.15) is 0 Å². The number of halogens is 4. The smallest absolute Gasteiger partial charge is 0.241 e. The van der Waals surface area contributed by atoms with Crippen molar-refractivity contribution in [3.8, 4) is 11.1 Å². The molecule has 3 aromatic rings. The van der Waals surface area contributed by atoms with E-state index in [-0.39, 0.29) is 17.5 Å². The lowest BCUT2D eigenvalue weighted by Gasteiger charge is -2.26. The fourth-order valence-corrected chi connectivity index (χ4v) is 5.70. The van der Waals surface area contributed by atoms with Crippen LogP contribution in [0.15, 0.2) is 47.4 Å². The molecule has 1 amide bonds. The van der Waals surface area contributed by atoms with E-state index in [9.17, 15) is 30.8 Å². The maximum Gasteiger partial charge on any atom is 0.241 e. The minimum atomic E-state index is -4.32. The lowest BCUT2D eigenvalue weighted by atomic mass is 10.00. The zero-order chi connectivity index (χ0) is 25.2. The van der Waals surface area contributed by atoms with Gasteiger partial charge in [0.15, 0.2) is 11.6 Å². The van der Waals surface area contributed by atoms with Crippen molar-refractivity contribution in [3.05, 3.63) is 82.4 Å². The first-order valence-corrected chi connectivity index (χ1v) is 12.4. The number of sulfonamides is 1. The Kier molecular flexibility index (Phi) is 5.48. The van der Waals surface area contributed by atoms with Gasteiger partial charge in [0.05, 0.1) is 0 Å². The summed E-state index contributed by atoms with van der Waals surface area (Å²) in [5.74, 6) is -5.06. The van der Waals surface area contributed by atoms with E-state index in [1.807, 2.05) is 0 Å². The van der Waals surface area contributed by atoms with E-state index in [0.717, 1.165) is 29.3 Å². The first-order chi connectivity index (χ1) is 16.4. The van der Waals surface area contributed by atoms with Crippen LogP contribution in [0, 0.1) is 29.2 Å². The number of benzene rings is 3. The first-order valence-electron chi connectivity index (χ1n) is 10.9. The van der Waals surface area contributed by atoms with Crippen LogP contribution in [0.2, 0.25) is 0 Å². The predicted octanol–water partition coefficient (Wildman–Crippen LogP) is 4.25. The van der Waals surface area contributed by atoms with Crippen molar-refractivity contribution >= 4 is 21.6 Å². The number of anilines is 1. The molecule has 1 aliphatic heterocycles. The molecule has 10 heteroatoms. The molecule has 0 bridgehead atoms. The molecule has 1 aliphatic carbocycles. The van der Waals surface area contributed by atoms with E-state index in [4.69, 9.17) is 5.14 Å². The Balaban J connectivity index is 1.45. The average molecular weight is 505 g/mol. The third-order valence-corrected chi connectivity index (χ3v) is 7.61. The summed E-state index contributed by atoms with van der Waals surface area (Å²) in [7, 11) is -4.32. The maximum absolute atomic E-state index is 14.3. The molecule has 1 heterocycles. The van der Waals surface area contributed by atoms with Gasteiger partial charge in [0.1, 0.15) is 16.5 Å². The molecule has 2 unspecified atom stereocenters. The normalized spacial score (nSPS) is 19.1. The molecule has 182 valence electrons. The molecule has 0 fully saturated rings. The largest absolute Gasteiger partial charge is 0.309 e. The molecule has 0 spiro atoms. The molecule has 0 radical (unpaired) electrons. The SMILES string of the molecule is CC1Cc2cc(F)c(S(N)(=O)=O)cc2N1C(=O)C1Cc2ccc(-c3cc(F)cc(F)c3F)cc2C1. The standard InChI is InChI=1S/C25H20F4N2O3S/c1-12-4-16-8-20(27)23(35(30,33)34)11-22(16)31(12)25(32)17-5-13-2-3-14(6-15(13)7-17)19-9-18(26)10-21(28)24(19)29/h2-3,6,8-12,17H,4-5,7H2,1H3,(H2,30,33,34). The molecule has 2 aliphatic rings. The lowest BCUT2D eigenvalue weighted by Crippen LogP contribution is -2.40. The van der Waals surface area contributed by atoms with Crippen LogP contribution in [0.1, 0.15) is 23.6 Å². The number of fused-ring (bicyclic) bond motifs is 2. The highest BCUT2D eigenvalue weighted by molar-refractivity contribution is 7.89. The predicted molar refractivity (Wildman–Crippen MR) is 121 cm³/mol. The fourth-order valence-electron chi connectivity index (χ4n) is 5.10. The summed E-state index contributed by atoms with van der Waals surface area (Å²) in [6.45, 7) is 1.79. The van der Waals surface area contributed by atoms with Crippen molar-refractivity contribution in [3.63, 3.8) is 0 Å². The van der Waals surface area contributed by atoms with E-state index >= 15 is 0 Å². The van der Waals surface area contributed by atoms with Crippen molar-refractivity contribution in [2.24, 2.45) is 11.1 Å². The van der Waals surface area contributed by atoms with Crippen molar-refractivity contribution in [1.29, 1.82) is 0 Å². The Morgan fingerprint density at radius 1 is 0.914 bits per heavy atom. The number of primary sulfonamides is 1. The average Bonchev–Trinajstić information content (AvgIpc) is 3.33. The Labute approximate surface area is 199 Å². The molecule has 0 aromatic heterocycles. The summed E-state index contributed by atoms with van der Waals surface area (Å²) in [5, 5.41) is 5.13. The zero-order valence-corrected chi connectivity index (χ0v) is 19.3. The number of amides is 1. The van der Waals surface area contributed by atoms with E-state index in [1.165, 1.54) is 4.90 Å². The second kappa shape index (κ2) is 8.17. The molecule has 2 N–H and O–H groups in total. The van der Waals surface area contributed by atoms with Gasteiger partial charge in [-0.3, -0.25) is 4.79 Å². The zero-order valence-electron chi connectivity index (χ0n) is 18.5. The number of nitrogens with two attached hydrogens (primary N) is 1. The van der Waals surface area contributed by atoms with Crippen LogP contribution in [0.25, 0.3) is 11.1 Å². The minimum Gasteiger partial charge on any atom is -0.309 e. The van der Waals surface area contributed by atoms with Crippen LogP contribution >= 0.6 is 0 Å². The van der Waals surface area contributed by atoms with E-state index < -0.39 is 44.1 Å². The summed E-state index contributed by atoms with van der Waals surface area (Å²) in [6, 6.07) is 8.15. The van der Waals surface area contributed by atoms with Gasteiger partial charge in [0.25, 0.3) is 0 Å². The lowest BCUT2D eigenvalue weighted by molar-refractivity contribution is -0.122. The molecular formula is C25H20F4N2O3S. The maximum atomic E-state index is 14.3. The fraction of sp³-hybridized carbons (Fsp3) is 0.240. The second-order valence-electron chi connectivity index (χ2n) is 9.06. The number of carbonyl (C=O) groups is 1. The van der Waals surface area contributed by atoms with Gasteiger partial charge in [0, 0.05) is 29.3 Å². The molecule has 0 saturated heterocycles. The summed E-state index contributed by atoms with van der Waals surface area (Å²) in [6.07, 6.45) is 1.05. The molecule has 5 rings (SSSR count). The van der Waals surface area contributed by atoms with Crippen molar-refractivity contribution in [2.45, 2.75) is 37.1 Å². The van der Waals surface area contributed by atoms with Crippen LogP contribution in [-0.4, -0.2) is 20.4 Å². The Morgan fingerprint density at radius 3 is 2.34 bits per heavy atom. The van der Waals surface area contributed by atoms with Crippen LogP contribution in [0.5, 0.6) is 0 Å². The molecule has 35 heavy (non-hydrogen) atoms. The van der Waals surface area contributed by atoms with Gasteiger partial charge in [-0.15, -0.1) is 0 Å². The second-order valence-corrected chi connectivity index (χ2v) is 10.6. The Hall–Kier alpha value is -3.24. The number of nitrogens with zero attached hydrogens (tertiary/aromatic N) is 1. The number of hydrogen-bond donors (Lipinski definition) is 1. The van der Waals surface area contributed by atoms with Gasteiger partial charge >= 0.3 is 0 Å². The Bertz CT molecular complexity index is 1510. The highest BCUT2D eigenvalue weighted by Crippen LogP contribution is 2.39. The highest BCUT2D eigenvalue weighted by Gasteiger charge is 2.38. The summed E-state index contributed by atoms with van der Waals surface area (Å²) in [5.41, 5.74) is 2.50. The summed E-state index contributed by atoms with van der Waals surface area (Å²) >= 11 is 0. The third kappa shape index (κ3) is 4.00. The monoisotopic (exact) mass is 504 g/mol. The molecular weight excluding hydrogens is 484 g/mol. The summed E-state index contributed by atoms with van der Waals surface area (Å²) in [4.78, 5) is 14.3. The highest BCUT2D eigenvalue weighted by atomic mass is 32.2. The number of carbonyl (C=O) groups excluding carboxylic acids is 1. The first kappa shape index (κ1) is 23.5. The van der Waals surface area contributed by atoms with Gasteiger partial charge in [-0.1, -0.05) is 18.2 Å². The number of rotatable bonds is 3. The van der Waals surface area contributed by atoms with Crippen molar-refractivity contribution < 1.29 is 30.8 Å². The van der Waals surface area contributed by atoms with Crippen LogP contribution < -0.4 is 10.0 Å². The molecule has 0 saturated carbocycles. The van der Waals surface area contributed by atoms with Gasteiger partial charge < -0.3 is 4.90 Å². The van der Waals surface area contributed by atoms with Crippen molar-refractivity contribution in [2.75, 3.05) is 4.90 Å². The summed E-state index contributed by atoms with van der Waals surface area (Å²) < 4.78 is 79.5. The Morgan fingerprint density at radius 2 is 1.63 bits per heavy atom. The quantitative estimate of drug-likeness (QED) is 0.428. The topological polar surface area (TPSA) is 80.5 Å². The van der Waals surface area contributed by atoms with Gasteiger partial charge in [0.2, 0.25) is 15.9 Å². The van der Waals surface area contributed by atoms with Crippen molar-refractivity contribution in [1.82, 2.24) is 0 Å². The van der Waals surface area contributed by atoms with E-state index in [2.05, 4.69) is 0 Å². The van der Waals surface area contributed by atoms with E-state index in [0.29, 0.717) is 42.1 Å². The molecule has 5 nitrogen and oxygen atoms in total. The minimum absolute atomic E-state index is 0.209. The molecule has 3 aromatic carbocycles. The van der Waals surface area contributed by atoms with Gasteiger partial charge in [-0.05, 0) is 66.6 Å². The van der Waals surface area contributed by atoms with E-state index in [1.54, 1.807) is 25.1 Å². The molecule has 2 atom stereocenters. The van der Waals surface area contributed by atoms with Gasteiger partial charge in [-0.25, -0.2) is 31.1 Å².